The van der Waals surface area contributed by atoms with E-state index >= 15 is 0 Å². The lowest BCUT2D eigenvalue weighted by Gasteiger charge is -1.86. The minimum Gasteiger partial charge on any atom is -0.0801 e. The van der Waals surface area contributed by atoms with Crippen LogP contribution < -0.4 is 0 Å². The molecular weight excluding hydrogens is 84.1 g/mol. The molecule has 0 amide bonds. The van der Waals surface area contributed by atoms with Crippen molar-refractivity contribution in [3.05, 3.63) is 23.3 Å². The molecule has 0 saturated carbocycles. The first-order chi connectivity index (χ1) is 3.39. The van der Waals surface area contributed by atoms with Gasteiger partial charge in [0.1, 0.15) is 0 Å². The fourth-order valence-electron chi connectivity index (χ4n) is 1.28. The molecule has 0 N–H and O–H groups in total. The van der Waals surface area contributed by atoms with Gasteiger partial charge in [-0.3, -0.25) is 0 Å². The van der Waals surface area contributed by atoms with E-state index in [2.05, 4.69) is 19.1 Å². The van der Waals surface area contributed by atoms with Gasteiger partial charge in [-0.15, -0.1) is 0 Å². The Morgan fingerprint density at radius 2 is 2.57 bits per heavy atom. The molecular formula is C7H8. The van der Waals surface area contributed by atoms with E-state index in [1.54, 1.807) is 11.1 Å². The average molecular weight is 92.1 g/mol. The van der Waals surface area contributed by atoms with Gasteiger partial charge in [-0.05, 0) is 12.0 Å². The fraction of sp³-hybridized carbons (Fsp3) is 0.429. The second-order valence-corrected chi connectivity index (χ2v) is 2.31. The smallest absolute Gasteiger partial charge is 0.00287 e. The van der Waals surface area contributed by atoms with Gasteiger partial charge < -0.3 is 0 Å². The molecule has 0 saturated heterocycles. The zero-order valence-electron chi connectivity index (χ0n) is 4.44. The molecule has 0 heterocycles. The van der Waals surface area contributed by atoms with Crippen molar-refractivity contribution in [2.24, 2.45) is 5.92 Å². The maximum Gasteiger partial charge on any atom is 0.00287 e. The molecule has 2 aliphatic rings. The fourth-order valence-corrected chi connectivity index (χ4v) is 1.28. The van der Waals surface area contributed by atoms with Crippen LogP contribution >= 0.6 is 0 Å². The Bertz CT molecular complexity index is 161. The molecule has 0 radical (unpaired) electrons. The highest BCUT2D eigenvalue weighted by Gasteiger charge is 2.31. The summed E-state index contributed by atoms with van der Waals surface area (Å²) in [5, 5.41) is 0. The van der Waals surface area contributed by atoms with Crippen LogP contribution in [0.3, 0.4) is 0 Å². The van der Waals surface area contributed by atoms with Gasteiger partial charge in [0.25, 0.3) is 0 Å². The van der Waals surface area contributed by atoms with E-state index in [1.165, 1.54) is 6.42 Å². The Morgan fingerprint density at radius 1 is 1.71 bits per heavy atom. The largest absolute Gasteiger partial charge is 0.0801 e. The summed E-state index contributed by atoms with van der Waals surface area (Å²) >= 11 is 0. The van der Waals surface area contributed by atoms with Crippen molar-refractivity contribution in [2.75, 3.05) is 0 Å². The average Bonchev–Trinajstić information content (AvgIpc) is 2.26. The molecule has 0 fully saturated rings. The van der Waals surface area contributed by atoms with E-state index < -0.39 is 0 Å². The second kappa shape index (κ2) is 0.835. The summed E-state index contributed by atoms with van der Waals surface area (Å²) in [5.74, 6) is 0.866. The van der Waals surface area contributed by atoms with Crippen molar-refractivity contribution in [1.82, 2.24) is 0 Å². The van der Waals surface area contributed by atoms with E-state index in [0.717, 1.165) is 5.92 Å². The zero-order chi connectivity index (χ0) is 4.85. The molecule has 0 aromatic carbocycles. The standard InChI is InChI=1S/C7H8/c1-5-6-3-2-4-7(5)6/h2-3,5H,4H2,1H3/t5-/m1/s1. The molecule has 1 atom stereocenters. The first-order valence-corrected chi connectivity index (χ1v) is 2.79. The maximum atomic E-state index is 2.27. The topological polar surface area (TPSA) is 0 Å². The van der Waals surface area contributed by atoms with Gasteiger partial charge in [0.05, 0.1) is 0 Å². The van der Waals surface area contributed by atoms with Crippen LogP contribution in [0.2, 0.25) is 0 Å². The van der Waals surface area contributed by atoms with E-state index in [4.69, 9.17) is 0 Å². The van der Waals surface area contributed by atoms with Gasteiger partial charge >= 0.3 is 0 Å². The molecule has 7 heavy (non-hydrogen) atoms. The van der Waals surface area contributed by atoms with Gasteiger partial charge in [0.2, 0.25) is 0 Å². The molecule has 0 heteroatoms. The Labute approximate surface area is 43.5 Å². The molecule has 0 aromatic heterocycles. The van der Waals surface area contributed by atoms with Crippen molar-refractivity contribution < 1.29 is 0 Å². The van der Waals surface area contributed by atoms with Crippen LogP contribution in [-0.4, -0.2) is 0 Å². The summed E-state index contributed by atoms with van der Waals surface area (Å²) < 4.78 is 0. The highest BCUT2D eigenvalue weighted by molar-refractivity contribution is 5.53. The van der Waals surface area contributed by atoms with Gasteiger partial charge in [-0.2, -0.15) is 0 Å². The summed E-state index contributed by atoms with van der Waals surface area (Å²) in [6.45, 7) is 2.27. The summed E-state index contributed by atoms with van der Waals surface area (Å²) in [7, 11) is 0. The van der Waals surface area contributed by atoms with E-state index in [0.29, 0.717) is 0 Å². The molecule has 0 aromatic rings. The van der Waals surface area contributed by atoms with Crippen LogP contribution in [0, 0.1) is 5.92 Å². The van der Waals surface area contributed by atoms with Crippen molar-refractivity contribution in [3.63, 3.8) is 0 Å². The minimum absolute atomic E-state index is 0.866. The van der Waals surface area contributed by atoms with Gasteiger partial charge in [-0.1, -0.05) is 24.6 Å². The molecule has 0 nitrogen and oxygen atoms in total. The SMILES string of the molecule is C[C@@H]1C2=C1CC=C2. The van der Waals surface area contributed by atoms with E-state index in [-0.39, 0.29) is 0 Å². The third-order valence-corrected chi connectivity index (χ3v) is 1.91. The Morgan fingerprint density at radius 3 is 2.86 bits per heavy atom. The van der Waals surface area contributed by atoms with Crippen LogP contribution in [0.5, 0.6) is 0 Å². The van der Waals surface area contributed by atoms with Crippen LogP contribution in [0.25, 0.3) is 0 Å². The summed E-state index contributed by atoms with van der Waals surface area (Å²) in [5.41, 5.74) is 3.29. The first-order valence-electron chi connectivity index (χ1n) is 2.79. The lowest BCUT2D eigenvalue weighted by atomic mass is 10.2. The van der Waals surface area contributed by atoms with Gasteiger partial charge in [-0.25, -0.2) is 0 Å². The summed E-state index contributed by atoms with van der Waals surface area (Å²) in [6, 6.07) is 0. The number of hydrogen-bond donors (Lipinski definition) is 0. The van der Waals surface area contributed by atoms with Gasteiger partial charge in [0, 0.05) is 5.92 Å². The highest BCUT2D eigenvalue weighted by atomic mass is 14.4. The predicted octanol–water partition coefficient (Wildman–Crippen LogP) is 1.89. The third-order valence-electron chi connectivity index (χ3n) is 1.91. The molecule has 0 aliphatic heterocycles. The molecule has 0 spiro atoms. The lowest BCUT2D eigenvalue weighted by Crippen LogP contribution is -1.73. The number of allylic oxidation sites excluding steroid dienone is 4. The predicted molar refractivity (Wildman–Crippen MR) is 29.9 cm³/mol. The van der Waals surface area contributed by atoms with E-state index in [1.807, 2.05) is 0 Å². The number of hydrogen-bond acceptors (Lipinski definition) is 0. The maximum absolute atomic E-state index is 2.27. The normalized spacial score (nSPS) is 34.1. The molecule has 0 bridgehead atoms. The zero-order valence-corrected chi connectivity index (χ0v) is 4.44. The molecule has 2 rings (SSSR count). The minimum atomic E-state index is 0.866. The number of rotatable bonds is 0. The Kier molecular flexibility index (Phi) is 0.415. The molecule has 36 valence electrons. The van der Waals surface area contributed by atoms with Crippen LogP contribution in [0.15, 0.2) is 23.3 Å². The van der Waals surface area contributed by atoms with Crippen LogP contribution in [0.1, 0.15) is 13.3 Å². The summed E-state index contributed by atoms with van der Waals surface area (Å²) in [4.78, 5) is 0. The van der Waals surface area contributed by atoms with Crippen LogP contribution in [0.4, 0.5) is 0 Å². The monoisotopic (exact) mass is 92.1 g/mol. The van der Waals surface area contributed by atoms with Crippen molar-refractivity contribution in [2.45, 2.75) is 13.3 Å². The van der Waals surface area contributed by atoms with Crippen molar-refractivity contribution in [3.8, 4) is 0 Å². The van der Waals surface area contributed by atoms with Crippen molar-refractivity contribution in [1.29, 1.82) is 0 Å². The molecule has 2 aliphatic carbocycles. The Hall–Kier alpha value is -0.520. The Balaban J connectivity index is 2.32. The second-order valence-electron chi connectivity index (χ2n) is 2.31. The lowest BCUT2D eigenvalue weighted by molar-refractivity contribution is 0.965. The highest BCUT2D eigenvalue weighted by Crippen LogP contribution is 2.46. The van der Waals surface area contributed by atoms with Gasteiger partial charge in [0.15, 0.2) is 0 Å². The van der Waals surface area contributed by atoms with Crippen molar-refractivity contribution >= 4 is 0 Å². The van der Waals surface area contributed by atoms with Crippen LogP contribution in [-0.2, 0) is 0 Å². The first kappa shape index (κ1) is 3.48. The molecule has 0 unspecified atom stereocenters. The third kappa shape index (κ3) is 0.277. The summed E-state index contributed by atoms with van der Waals surface area (Å²) in [6.07, 6.45) is 5.74. The van der Waals surface area contributed by atoms with E-state index in [9.17, 15) is 0 Å². The quantitative estimate of drug-likeness (QED) is 0.428.